The summed E-state index contributed by atoms with van der Waals surface area (Å²) < 4.78 is 13.1. The van der Waals surface area contributed by atoms with Crippen LogP contribution in [-0.4, -0.2) is 22.3 Å². The van der Waals surface area contributed by atoms with Gasteiger partial charge in [-0.2, -0.15) is 0 Å². The summed E-state index contributed by atoms with van der Waals surface area (Å²) in [5.41, 5.74) is 2.67. The maximum Gasteiger partial charge on any atom is 0.421 e. The van der Waals surface area contributed by atoms with E-state index in [0.717, 1.165) is 31.1 Å². The van der Waals surface area contributed by atoms with Gasteiger partial charge < -0.3 is 9.15 Å². The monoisotopic (exact) mass is 372 g/mol. The van der Waals surface area contributed by atoms with E-state index < -0.39 is 0 Å². The van der Waals surface area contributed by atoms with Gasteiger partial charge in [-0.15, -0.1) is 0 Å². The number of fused-ring (bicyclic) bond motifs is 1. The van der Waals surface area contributed by atoms with Crippen molar-refractivity contribution >= 4 is 11.2 Å². The number of hydrogen-bond acceptors (Lipinski definition) is 4. The minimum absolute atomic E-state index is 0.215. The molecule has 2 aliphatic carbocycles. The first-order chi connectivity index (χ1) is 13.0. The van der Waals surface area contributed by atoms with Crippen LogP contribution in [0, 0.1) is 18.3 Å². The molecular weight excluding hydrogens is 340 g/mol. The summed E-state index contributed by atoms with van der Waals surface area (Å²) >= 11 is 0. The fraction of sp³-hybridized carbons (Fsp3) is 0.727. The summed E-state index contributed by atoms with van der Waals surface area (Å²) in [6.07, 6.45) is 9.84. The lowest BCUT2D eigenvalue weighted by atomic mass is 9.62. The number of hydrogen-bond donors (Lipinski definition) is 0. The van der Waals surface area contributed by atoms with Gasteiger partial charge in [-0.1, -0.05) is 6.92 Å². The van der Waals surface area contributed by atoms with E-state index in [2.05, 4.69) is 18.8 Å². The van der Waals surface area contributed by atoms with Gasteiger partial charge in [-0.05, 0) is 88.7 Å². The molecule has 0 N–H and O–H groups in total. The van der Waals surface area contributed by atoms with Crippen LogP contribution in [0.5, 0.6) is 0 Å². The van der Waals surface area contributed by atoms with Crippen molar-refractivity contribution in [2.24, 2.45) is 11.3 Å². The summed E-state index contributed by atoms with van der Waals surface area (Å²) in [6.45, 7) is 7.35. The highest BCUT2D eigenvalue weighted by Crippen LogP contribution is 2.49. The second-order valence-electron chi connectivity index (χ2n) is 8.83. The third kappa shape index (κ3) is 3.58. The number of rotatable bonds is 4. The molecule has 5 heteroatoms. The summed E-state index contributed by atoms with van der Waals surface area (Å²) in [4.78, 5) is 17.0. The Bertz CT molecular complexity index is 837. The minimum Gasteiger partial charge on any atom is -0.406 e. The van der Waals surface area contributed by atoms with Crippen LogP contribution in [0.25, 0.3) is 11.2 Å². The van der Waals surface area contributed by atoms with Crippen molar-refractivity contribution in [2.45, 2.75) is 84.3 Å². The maximum absolute atomic E-state index is 12.4. The number of aryl methyl sites for hydroxylation is 1. The zero-order valence-electron chi connectivity index (χ0n) is 16.9. The second-order valence-corrected chi connectivity index (χ2v) is 8.83. The van der Waals surface area contributed by atoms with Gasteiger partial charge in [0.05, 0.1) is 6.10 Å². The lowest BCUT2D eigenvalue weighted by Gasteiger charge is -2.45. The molecule has 2 aromatic heterocycles. The number of ether oxygens (including phenoxy) is 1. The van der Waals surface area contributed by atoms with Crippen molar-refractivity contribution in [1.82, 2.24) is 9.55 Å². The van der Waals surface area contributed by atoms with Crippen molar-refractivity contribution < 1.29 is 9.15 Å². The van der Waals surface area contributed by atoms with E-state index >= 15 is 0 Å². The van der Waals surface area contributed by atoms with Gasteiger partial charge in [0.1, 0.15) is 0 Å². The van der Waals surface area contributed by atoms with Gasteiger partial charge in [0, 0.05) is 18.3 Å². The predicted octanol–water partition coefficient (Wildman–Crippen LogP) is 5.01. The van der Waals surface area contributed by atoms with Gasteiger partial charge in [0.15, 0.2) is 11.2 Å². The van der Waals surface area contributed by atoms with Crippen molar-refractivity contribution in [3.63, 3.8) is 0 Å². The molecule has 4 rings (SSSR count). The Kier molecular flexibility index (Phi) is 5.15. The lowest BCUT2D eigenvalue weighted by Crippen LogP contribution is -2.37. The van der Waals surface area contributed by atoms with Crippen LogP contribution in [0.15, 0.2) is 21.3 Å². The van der Waals surface area contributed by atoms with E-state index in [4.69, 9.17) is 9.15 Å². The van der Waals surface area contributed by atoms with E-state index in [1.54, 1.807) is 0 Å². The fourth-order valence-electron chi connectivity index (χ4n) is 5.43. The SMILES string of the molecule is CCO[C@H]1CC[C@](C)(C2CCC(n3c(=O)oc4ccc(C)nc43)CC2)CC1. The van der Waals surface area contributed by atoms with Crippen LogP contribution < -0.4 is 5.76 Å². The van der Waals surface area contributed by atoms with Crippen LogP contribution in [0.2, 0.25) is 0 Å². The van der Waals surface area contributed by atoms with Crippen LogP contribution in [0.4, 0.5) is 0 Å². The third-order valence-corrected chi connectivity index (χ3v) is 7.13. The zero-order chi connectivity index (χ0) is 19.0. The standard InChI is InChI=1S/C22H32N2O3/c1-4-26-18-11-13-22(3,14-12-18)16-6-8-17(9-7-16)24-20-19(27-21(24)25)10-5-15(2)23-20/h5,10,16-18H,4,6-9,11-14H2,1-3H3/t16?,17?,18-,22-. The highest BCUT2D eigenvalue weighted by molar-refractivity contribution is 5.68. The predicted molar refractivity (Wildman–Crippen MR) is 106 cm³/mol. The molecule has 0 atom stereocenters. The molecule has 2 aliphatic rings. The van der Waals surface area contributed by atoms with Gasteiger partial charge in [0.25, 0.3) is 0 Å². The van der Waals surface area contributed by atoms with E-state index in [-0.39, 0.29) is 11.8 Å². The van der Waals surface area contributed by atoms with E-state index in [1.807, 2.05) is 23.6 Å². The summed E-state index contributed by atoms with van der Waals surface area (Å²) in [6, 6.07) is 3.97. The molecule has 0 spiro atoms. The molecule has 2 heterocycles. The van der Waals surface area contributed by atoms with Gasteiger partial charge in [-0.3, -0.25) is 4.57 Å². The molecule has 0 radical (unpaired) electrons. The number of aromatic nitrogens is 2. The van der Waals surface area contributed by atoms with E-state index in [1.165, 1.54) is 38.5 Å². The second kappa shape index (κ2) is 7.42. The van der Waals surface area contributed by atoms with Crippen molar-refractivity contribution in [3.05, 3.63) is 28.4 Å². The molecular formula is C22H32N2O3. The molecule has 0 saturated heterocycles. The molecule has 2 saturated carbocycles. The maximum atomic E-state index is 12.4. The Balaban J connectivity index is 1.45. The molecule has 148 valence electrons. The fourth-order valence-corrected chi connectivity index (χ4v) is 5.43. The summed E-state index contributed by atoms with van der Waals surface area (Å²) in [7, 11) is 0. The van der Waals surface area contributed by atoms with Crippen LogP contribution in [0.3, 0.4) is 0 Å². The van der Waals surface area contributed by atoms with Crippen molar-refractivity contribution in [2.75, 3.05) is 6.61 Å². The molecule has 0 aliphatic heterocycles. The Morgan fingerprint density at radius 1 is 1.19 bits per heavy atom. The van der Waals surface area contributed by atoms with Gasteiger partial charge >= 0.3 is 5.76 Å². The van der Waals surface area contributed by atoms with Crippen LogP contribution in [-0.2, 0) is 4.74 Å². The molecule has 5 nitrogen and oxygen atoms in total. The van der Waals surface area contributed by atoms with Crippen LogP contribution >= 0.6 is 0 Å². The molecule has 0 amide bonds. The first kappa shape index (κ1) is 18.7. The molecule has 0 unspecified atom stereocenters. The average Bonchev–Trinajstić information content (AvgIpc) is 2.99. The lowest BCUT2D eigenvalue weighted by molar-refractivity contribution is -0.0193. The first-order valence-corrected chi connectivity index (χ1v) is 10.6. The third-order valence-electron chi connectivity index (χ3n) is 7.13. The smallest absolute Gasteiger partial charge is 0.406 e. The molecule has 27 heavy (non-hydrogen) atoms. The van der Waals surface area contributed by atoms with Crippen LogP contribution in [0.1, 0.15) is 76.9 Å². The average molecular weight is 373 g/mol. The zero-order valence-corrected chi connectivity index (χ0v) is 16.9. The van der Waals surface area contributed by atoms with E-state index in [0.29, 0.717) is 22.7 Å². The molecule has 0 bridgehead atoms. The Morgan fingerprint density at radius 3 is 2.56 bits per heavy atom. The Labute approximate surface area is 161 Å². The Morgan fingerprint density at radius 2 is 1.89 bits per heavy atom. The largest absolute Gasteiger partial charge is 0.421 e. The number of oxazole rings is 1. The first-order valence-electron chi connectivity index (χ1n) is 10.6. The highest BCUT2D eigenvalue weighted by atomic mass is 16.5. The van der Waals surface area contributed by atoms with Gasteiger partial charge in [0.2, 0.25) is 0 Å². The molecule has 2 fully saturated rings. The molecule has 0 aromatic carbocycles. The summed E-state index contributed by atoms with van der Waals surface area (Å²) in [5.74, 6) is 0.495. The topological polar surface area (TPSA) is 57.3 Å². The van der Waals surface area contributed by atoms with Gasteiger partial charge in [-0.25, -0.2) is 9.78 Å². The van der Waals surface area contributed by atoms with Crippen molar-refractivity contribution in [1.29, 1.82) is 0 Å². The number of pyridine rings is 1. The normalized spacial score (nSPS) is 32.0. The molecule has 2 aromatic rings. The highest BCUT2D eigenvalue weighted by Gasteiger charge is 2.40. The van der Waals surface area contributed by atoms with E-state index in [9.17, 15) is 4.79 Å². The Hall–Kier alpha value is -1.62. The number of nitrogens with zero attached hydrogens (tertiary/aromatic N) is 2. The minimum atomic E-state index is -0.255. The summed E-state index contributed by atoms with van der Waals surface area (Å²) in [5, 5.41) is 0. The van der Waals surface area contributed by atoms with Crippen molar-refractivity contribution in [3.8, 4) is 0 Å². The quantitative estimate of drug-likeness (QED) is 0.756.